The Morgan fingerprint density at radius 1 is 1.17 bits per heavy atom. The van der Waals surface area contributed by atoms with Crippen molar-refractivity contribution in [2.45, 2.75) is 11.8 Å². The molecule has 0 aliphatic carbocycles. The first-order valence-corrected chi connectivity index (χ1v) is 10.1. The third-order valence-electron chi connectivity index (χ3n) is 4.43. The van der Waals surface area contributed by atoms with E-state index in [0.717, 1.165) is 4.90 Å². The number of anilines is 1. The van der Waals surface area contributed by atoms with E-state index < -0.39 is 5.82 Å². The zero-order valence-corrected chi connectivity index (χ0v) is 17.2. The Bertz CT molecular complexity index is 1050. The maximum atomic E-state index is 14.1. The van der Waals surface area contributed by atoms with Crippen LogP contribution in [0.5, 0.6) is 0 Å². The minimum absolute atomic E-state index is 0.119. The minimum Gasteiger partial charge on any atom is -0.332 e. The Balaban J connectivity index is 1.72. The van der Waals surface area contributed by atoms with Gasteiger partial charge < -0.3 is 10.2 Å². The Morgan fingerprint density at radius 3 is 2.59 bits per heavy atom. The third-order valence-corrected chi connectivity index (χ3v) is 5.23. The summed E-state index contributed by atoms with van der Waals surface area (Å²) in [5.74, 6) is -1.10. The average molecular weight is 412 g/mol. The molecule has 0 spiro atoms. The Labute approximate surface area is 172 Å². The summed E-state index contributed by atoms with van der Waals surface area (Å²) < 4.78 is 15.4. The van der Waals surface area contributed by atoms with E-state index in [4.69, 9.17) is 0 Å². The van der Waals surface area contributed by atoms with Gasteiger partial charge in [0.05, 0.1) is 29.7 Å². The standard InChI is InChI=1S/C21H21FN4O2S/c1-14-15(12-23-26(14)18-10-6-4-8-16(18)22)21(28)25(2)13-20(27)24-17-9-5-7-11-19(17)29-3/h4-12H,13H2,1-3H3,(H,24,27). The van der Waals surface area contributed by atoms with Crippen LogP contribution in [0.25, 0.3) is 5.69 Å². The van der Waals surface area contributed by atoms with Gasteiger partial charge in [-0.05, 0) is 37.4 Å². The highest BCUT2D eigenvalue weighted by atomic mass is 32.2. The van der Waals surface area contributed by atoms with E-state index in [1.54, 1.807) is 32.2 Å². The topological polar surface area (TPSA) is 67.2 Å². The highest BCUT2D eigenvalue weighted by Gasteiger charge is 2.21. The molecule has 0 fully saturated rings. The van der Waals surface area contributed by atoms with Crippen molar-refractivity contribution in [3.05, 3.63) is 71.8 Å². The molecule has 1 N–H and O–H groups in total. The van der Waals surface area contributed by atoms with Crippen LogP contribution in [0.1, 0.15) is 16.1 Å². The van der Waals surface area contributed by atoms with Crippen LogP contribution >= 0.6 is 11.8 Å². The molecule has 0 bridgehead atoms. The Kier molecular flexibility index (Phi) is 6.33. The first kappa shape index (κ1) is 20.6. The molecule has 0 saturated heterocycles. The van der Waals surface area contributed by atoms with Gasteiger partial charge in [0.2, 0.25) is 5.91 Å². The van der Waals surface area contributed by atoms with E-state index in [1.165, 1.54) is 33.6 Å². The molecular formula is C21H21FN4O2S. The number of nitrogens with one attached hydrogen (secondary N) is 1. The van der Waals surface area contributed by atoms with Crippen molar-refractivity contribution in [2.75, 3.05) is 25.2 Å². The minimum atomic E-state index is -0.433. The lowest BCUT2D eigenvalue weighted by Gasteiger charge is -2.17. The number of carbonyl (C=O) groups is 2. The lowest BCUT2D eigenvalue weighted by Crippen LogP contribution is -2.35. The SMILES string of the molecule is CSc1ccccc1NC(=O)CN(C)C(=O)c1cnn(-c2ccccc2F)c1C. The van der Waals surface area contributed by atoms with E-state index in [1.807, 2.05) is 30.5 Å². The first-order chi connectivity index (χ1) is 13.9. The average Bonchev–Trinajstić information content (AvgIpc) is 3.09. The van der Waals surface area contributed by atoms with E-state index >= 15 is 0 Å². The molecule has 29 heavy (non-hydrogen) atoms. The van der Waals surface area contributed by atoms with Gasteiger partial charge in [-0.25, -0.2) is 9.07 Å². The normalized spacial score (nSPS) is 10.6. The molecule has 0 saturated carbocycles. The number of hydrogen-bond acceptors (Lipinski definition) is 4. The number of para-hydroxylation sites is 2. The number of hydrogen-bond donors (Lipinski definition) is 1. The predicted molar refractivity (Wildman–Crippen MR) is 112 cm³/mol. The van der Waals surface area contributed by atoms with E-state index in [9.17, 15) is 14.0 Å². The number of amides is 2. The Hall–Kier alpha value is -3.13. The molecule has 0 atom stereocenters. The van der Waals surface area contributed by atoms with Crippen LogP contribution in [-0.2, 0) is 4.79 Å². The monoisotopic (exact) mass is 412 g/mol. The van der Waals surface area contributed by atoms with Crippen molar-refractivity contribution in [1.29, 1.82) is 0 Å². The van der Waals surface area contributed by atoms with Gasteiger partial charge >= 0.3 is 0 Å². The summed E-state index contributed by atoms with van der Waals surface area (Å²) in [5, 5.41) is 6.97. The number of aromatic nitrogens is 2. The molecule has 0 aliphatic heterocycles. The number of halogens is 1. The molecule has 0 unspecified atom stereocenters. The van der Waals surface area contributed by atoms with Crippen LogP contribution in [0, 0.1) is 12.7 Å². The molecular weight excluding hydrogens is 391 g/mol. The van der Waals surface area contributed by atoms with Crippen molar-refractivity contribution in [3.8, 4) is 5.69 Å². The van der Waals surface area contributed by atoms with Crippen LogP contribution in [-0.4, -0.2) is 46.3 Å². The van der Waals surface area contributed by atoms with Gasteiger partial charge in [-0.2, -0.15) is 5.10 Å². The van der Waals surface area contributed by atoms with Gasteiger partial charge in [-0.15, -0.1) is 11.8 Å². The van der Waals surface area contributed by atoms with Crippen molar-refractivity contribution in [3.63, 3.8) is 0 Å². The third kappa shape index (κ3) is 4.48. The largest absolute Gasteiger partial charge is 0.332 e. The van der Waals surface area contributed by atoms with E-state index in [0.29, 0.717) is 16.9 Å². The molecule has 2 amide bonds. The molecule has 1 heterocycles. The predicted octanol–water partition coefficient (Wildman–Crippen LogP) is 3.75. The number of benzene rings is 2. The molecule has 3 aromatic rings. The Morgan fingerprint density at radius 2 is 1.86 bits per heavy atom. The first-order valence-electron chi connectivity index (χ1n) is 8.90. The van der Waals surface area contributed by atoms with Gasteiger partial charge in [-0.1, -0.05) is 24.3 Å². The second-order valence-electron chi connectivity index (χ2n) is 6.42. The molecule has 2 aromatic carbocycles. The smallest absolute Gasteiger partial charge is 0.257 e. The summed E-state index contributed by atoms with van der Waals surface area (Å²) in [5.41, 5.74) is 1.78. The number of thioether (sulfide) groups is 1. The van der Waals surface area contributed by atoms with Gasteiger partial charge in [-0.3, -0.25) is 9.59 Å². The fraction of sp³-hybridized carbons (Fsp3) is 0.190. The summed E-state index contributed by atoms with van der Waals surface area (Å²) in [4.78, 5) is 27.5. The fourth-order valence-electron chi connectivity index (χ4n) is 2.92. The molecule has 3 rings (SSSR count). The number of carbonyl (C=O) groups excluding carboxylic acids is 2. The van der Waals surface area contributed by atoms with Crippen LogP contribution in [0.4, 0.5) is 10.1 Å². The fourth-order valence-corrected chi connectivity index (χ4v) is 3.47. The lowest BCUT2D eigenvalue weighted by atomic mass is 10.2. The highest BCUT2D eigenvalue weighted by molar-refractivity contribution is 7.98. The lowest BCUT2D eigenvalue weighted by molar-refractivity contribution is -0.116. The zero-order valence-electron chi connectivity index (χ0n) is 16.3. The van der Waals surface area contributed by atoms with Crippen LogP contribution in [0.2, 0.25) is 0 Å². The van der Waals surface area contributed by atoms with Gasteiger partial charge in [0.1, 0.15) is 11.5 Å². The summed E-state index contributed by atoms with van der Waals surface area (Å²) in [6.45, 7) is 1.57. The molecule has 6 nitrogen and oxygen atoms in total. The van der Waals surface area contributed by atoms with Crippen molar-refractivity contribution in [1.82, 2.24) is 14.7 Å². The summed E-state index contributed by atoms with van der Waals surface area (Å²) in [7, 11) is 1.54. The van der Waals surface area contributed by atoms with Crippen molar-refractivity contribution >= 4 is 29.3 Å². The van der Waals surface area contributed by atoms with Crippen molar-refractivity contribution in [2.24, 2.45) is 0 Å². The van der Waals surface area contributed by atoms with Crippen LogP contribution < -0.4 is 5.32 Å². The summed E-state index contributed by atoms with van der Waals surface area (Å²) >= 11 is 1.53. The summed E-state index contributed by atoms with van der Waals surface area (Å²) in [6.07, 6.45) is 3.32. The second kappa shape index (κ2) is 8.91. The van der Waals surface area contributed by atoms with Crippen LogP contribution in [0.3, 0.4) is 0 Å². The van der Waals surface area contributed by atoms with Gasteiger partial charge in [0.15, 0.2) is 0 Å². The van der Waals surface area contributed by atoms with Gasteiger partial charge in [0.25, 0.3) is 5.91 Å². The molecule has 0 aliphatic rings. The van der Waals surface area contributed by atoms with E-state index in [2.05, 4.69) is 10.4 Å². The van der Waals surface area contributed by atoms with E-state index in [-0.39, 0.29) is 24.0 Å². The van der Waals surface area contributed by atoms with Crippen LogP contribution in [0.15, 0.2) is 59.6 Å². The molecule has 1 aromatic heterocycles. The molecule has 0 radical (unpaired) electrons. The number of likely N-dealkylation sites (N-methyl/N-ethyl adjacent to an activating group) is 1. The van der Waals surface area contributed by atoms with Crippen molar-refractivity contribution < 1.29 is 14.0 Å². The molecule has 8 heteroatoms. The highest BCUT2D eigenvalue weighted by Crippen LogP contribution is 2.24. The second-order valence-corrected chi connectivity index (χ2v) is 7.26. The summed E-state index contributed by atoms with van der Waals surface area (Å²) in [6, 6.07) is 13.7. The maximum Gasteiger partial charge on any atom is 0.257 e. The number of nitrogens with zero attached hydrogens (tertiary/aromatic N) is 3. The van der Waals surface area contributed by atoms with Gasteiger partial charge in [0, 0.05) is 11.9 Å². The zero-order chi connectivity index (χ0) is 21.0. The molecule has 150 valence electrons. The quantitative estimate of drug-likeness (QED) is 0.626. The maximum absolute atomic E-state index is 14.1. The number of rotatable bonds is 6.